The van der Waals surface area contributed by atoms with Gasteiger partial charge < -0.3 is 14.8 Å². The molecule has 0 saturated heterocycles. The number of allylic oxidation sites excluding steroid dienone is 1. The van der Waals surface area contributed by atoms with E-state index in [1.165, 1.54) is 0 Å². The number of methoxy groups -OCH3 is 2. The summed E-state index contributed by atoms with van der Waals surface area (Å²) in [5, 5.41) is 3.15. The first-order chi connectivity index (χ1) is 10.3. The van der Waals surface area contributed by atoms with Crippen LogP contribution in [0.25, 0.3) is 0 Å². The summed E-state index contributed by atoms with van der Waals surface area (Å²) < 4.78 is 10.5. The normalized spacial score (nSPS) is 11.0. The van der Waals surface area contributed by atoms with Crippen molar-refractivity contribution < 1.29 is 9.47 Å². The molecule has 0 atom stereocenters. The molecular formula is C17H18N2O2. The summed E-state index contributed by atoms with van der Waals surface area (Å²) in [6.07, 6.45) is 5.33. The lowest BCUT2D eigenvalue weighted by Gasteiger charge is -2.06. The third-order valence-corrected chi connectivity index (χ3v) is 2.83. The minimum Gasteiger partial charge on any atom is -0.495 e. The van der Waals surface area contributed by atoms with Crippen molar-refractivity contribution in [2.24, 2.45) is 4.99 Å². The summed E-state index contributed by atoms with van der Waals surface area (Å²) >= 11 is 0. The third-order valence-electron chi connectivity index (χ3n) is 2.83. The van der Waals surface area contributed by atoms with E-state index in [1.54, 1.807) is 26.6 Å². The Labute approximate surface area is 124 Å². The molecule has 21 heavy (non-hydrogen) atoms. The lowest BCUT2D eigenvalue weighted by atomic mass is 10.3. The standard InChI is InChI=1S/C17H18N2O2/c1-20-16-10-5-3-8-14(16)18-12-7-13-19-15-9-4-6-11-17(15)21-2/h3-13,18H,1-2H3. The number of rotatable bonds is 6. The Hall–Kier alpha value is -2.75. The van der Waals surface area contributed by atoms with E-state index in [0.29, 0.717) is 0 Å². The zero-order valence-corrected chi connectivity index (χ0v) is 12.1. The Morgan fingerprint density at radius 3 is 2.33 bits per heavy atom. The van der Waals surface area contributed by atoms with Crippen LogP contribution in [0.2, 0.25) is 0 Å². The highest BCUT2D eigenvalue weighted by molar-refractivity contribution is 5.76. The first kappa shape index (κ1) is 14.7. The third kappa shape index (κ3) is 4.11. The van der Waals surface area contributed by atoms with E-state index < -0.39 is 0 Å². The number of nitrogens with zero attached hydrogens (tertiary/aromatic N) is 1. The van der Waals surface area contributed by atoms with Crippen LogP contribution in [0, 0.1) is 0 Å². The Morgan fingerprint density at radius 2 is 1.57 bits per heavy atom. The number of anilines is 1. The molecule has 0 bridgehead atoms. The highest BCUT2D eigenvalue weighted by Gasteiger charge is 1.98. The van der Waals surface area contributed by atoms with Gasteiger partial charge in [-0.15, -0.1) is 0 Å². The van der Waals surface area contributed by atoms with Crippen LogP contribution >= 0.6 is 0 Å². The van der Waals surface area contributed by atoms with E-state index in [0.717, 1.165) is 22.9 Å². The van der Waals surface area contributed by atoms with Crippen LogP contribution in [-0.4, -0.2) is 20.4 Å². The van der Waals surface area contributed by atoms with Gasteiger partial charge in [-0.1, -0.05) is 24.3 Å². The second-order valence-electron chi connectivity index (χ2n) is 4.15. The second kappa shape index (κ2) is 7.75. The molecule has 4 heteroatoms. The van der Waals surface area contributed by atoms with Crippen LogP contribution in [0.15, 0.2) is 65.8 Å². The van der Waals surface area contributed by atoms with Crippen molar-refractivity contribution in [3.05, 3.63) is 60.8 Å². The molecule has 0 aliphatic carbocycles. The van der Waals surface area contributed by atoms with Gasteiger partial charge in [-0.2, -0.15) is 0 Å². The van der Waals surface area contributed by atoms with E-state index in [-0.39, 0.29) is 0 Å². The van der Waals surface area contributed by atoms with Crippen LogP contribution in [0.5, 0.6) is 11.5 Å². The van der Waals surface area contributed by atoms with Crippen LogP contribution < -0.4 is 14.8 Å². The van der Waals surface area contributed by atoms with Crippen molar-refractivity contribution in [1.82, 2.24) is 0 Å². The molecule has 4 nitrogen and oxygen atoms in total. The fraction of sp³-hybridized carbons (Fsp3) is 0.118. The molecule has 2 aromatic carbocycles. The number of para-hydroxylation sites is 4. The van der Waals surface area contributed by atoms with Crippen molar-refractivity contribution in [2.45, 2.75) is 0 Å². The molecule has 0 saturated carbocycles. The molecule has 0 aromatic heterocycles. The smallest absolute Gasteiger partial charge is 0.144 e. The summed E-state index contributed by atoms with van der Waals surface area (Å²) in [4.78, 5) is 4.34. The number of ether oxygens (including phenoxy) is 2. The predicted octanol–water partition coefficient (Wildman–Crippen LogP) is 4.03. The van der Waals surface area contributed by atoms with Gasteiger partial charge in [0, 0.05) is 12.4 Å². The van der Waals surface area contributed by atoms with E-state index in [9.17, 15) is 0 Å². The molecule has 2 rings (SSSR count). The first-order valence-electron chi connectivity index (χ1n) is 6.57. The maximum Gasteiger partial charge on any atom is 0.144 e. The van der Waals surface area contributed by atoms with E-state index in [4.69, 9.17) is 9.47 Å². The number of hydrogen-bond acceptors (Lipinski definition) is 4. The van der Waals surface area contributed by atoms with Crippen molar-refractivity contribution in [3.63, 3.8) is 0 Å². The number of nitrogens with one attached hydrogen (secondary N) is 1. The molecule has 108 valence electrons. The van der Waals surface area contributed by atoms with Crippen molar-refractivity contribution in [2.75, 3.05) is 19.5 Å². The second-order valence-corrected chi connectivity index (χ2v) is 4.15. The summed E-state index contributed by atoms with van der Waals surface area (Å²) in [5.41, 5.74) is 1.70. The van der Waals surface area contributed by atoms with Gasteiger partial charge in [-0.25, -0.2) is 0 Å². The number of hydrogen-bond donors (Lipinski definition) is 1. The maximum atomic E-state index is 5.26. The van der Waals surface area contributed by atoms with Gasteiger partial charge in [0.2, 0.25) is 0 Å². The number of benzene rings is 2. The molecule has 0 aliphatic rings. The van der Waals surface area contributed by atoms with Crippen LogP contribution in [0.4, 0.5) is 11.4 Å². The quantitative estimate of drug-likeness (QED) is 0.813. The minimum atomic E-state index is 0.750. The van der Waals surface area contributed by atoms with E-state index in [1.807, 2.05) is 54.6 Å². The molecular weight excluding hydrogens is 264 g/mol. The molecule has 0 spiro atoms. The van der Waals surface area contributed by atoms with Gasteiger partial charge in [0.15, 0.2) is 0 Å². The van der Waals surface area contributed by atoms with Gasteiger partial charge in [-0.05, 0) is 30.3 Å². The predicted molar refractivity (Wildman–Crippen MR) is 86.9 cm³/mol. The van der Waals surface area contributed by atoms with E-state index in [2.05, 4.69) is 10.3 Å². The fourth-order valence-electron chi connectivity index (χ4n) is 1.80. The van der Waals surface area contributed by atoms with Gasteiger partial charge in [0.1, 0.15) is 17.2 Å². The highest BCUT2D eigenvalue weighted by atomic mass is 16.5. The lowest BCUT2D eigenvalue weighted by Crippen LogP contribution is -1.92. The van der Waals surface area contributed by atoms with Gasteiger partial charge >= 0.3 is 0 Å². The topological polar surface area (TPSA) is 42.8 Å². The molecule has 0 radical (unpaired) electrons. The average Bonchev–Trinajstić information content (AvgIpc) is 2.55. The zero-order chi connectivity index (χ0) is 14.9. The first-order valence-corrected chi connectivity index (χ1v) is 6.57. The Balaban J connectivity index is 1.98. The van der Waals surface area contributed by atoms with Crippen molar-refractivity contribution >= 4 is 17.6 Å². The molecule has 0 heterocycles. The molecule has 0 aliphatic heterocycles. The number of aliphatic imine (C=N–C) groups is 1. The maximum absolute atomic E-state index is 5.26. The highest BCUT2D eigenvalue weighted by Crippen LogP contribution is 2.25. The fourth-order valence-corrected chi connectivity index (χ4v) is 1.80. The van der Waals surface area contributed by atoms with Crippen LogP contribution in [0.1, 0.15) is 0 Å². The Bertz CT molecular complexity index is 636. The molecule has 0 fully saturated rings. The minimum absolute atomic E-state index is 0.750. The molecule has 0 unspecified atom stereocenters. The largest absolute Gasteiger partial charge is 0.495 e. The van der Waals surface area contributed by atoms with Gasteiger partial charge in [-0.3, -0.25) is 4.99 Å². The molecule has 1 N–H and O–H groups in total. The van der Waals surface area contributed by atoms with Gasteiger partial charge in [0.05, 0.1) is 19.9 Å². The van der Waals surface area contributed by atoms with Crippen LogP contribution in [-0.2, 0) is 0 Å². The van der Waals surface area contributed by atoms with Crippen LogP contribution in [0.3, 0.4) is 0 Å². The summed E-state index contributed by atoms with van der Waals surface area (Å²) in [7, 11) is 3.28. The summed E-state index contributed by atoms with van der Waals surface area (Å²) in [6.45, 7) is 0. The molecule has 2 aromatic rings. The molecule has 0 amide bonds. The van der Waals surface area contributed by atoms with Crippen molar-refractivity contribution in [1.29, 1.82) is 0 Å². The average molecular weight is 282 g/mol. The summed E-state index contributed by atoms with van der Waals surface area (Å²) in [5.74, 6) is 1.55. The summed E-state index contributed by atoms with van der Waals surface area (Å²) in [6, 6.07) is 15.3. The SMILES string of the molecule is COc1ccccc1N=CC=CNc1ccccc1OC. The Kier molecular flexibility index (Phi) is 5.41. The monoisotopic (exact) mass is 282 g/mol. The van der Waals surface area contributed by atoms with Gasteiger partial charge in [0.25, 0.3) is 0 Å². The van der Waals surface area contributed by atoms with Crippen molar-refractivity contribution in [3.8, 4) is 11.5 Å². The lowest BCUT2D eigenvalue weighted by molar-refractivity contribution is 0.416. The van der Waals surface area contributed by atoms with E-state index >= 15 is 0 Å². The Morgan fingerprint density at radius 1 is 0.905 bits per heavy atom. The zero-order valence-electron chi connectivity index (χ0n) is 12.1.